The molecule has 0 aliphatic carbocycles. The number of ketones is 1. The number of morpholine rings is 1. The molecule has 2 atom stereocenters. The molecule has 4 nitrogen and oxygen atoms in total. The highest BCUT2D eigenvalue weighted by Gasteiger charge is 2.41. The Labute approximate surface area is 183 Å². The van der Waals surface area contributed by atoms with E-state index in [-0.39, 0.29) is 11.7 Å². The maximum atomic E-state index is 13.3. The first-order valence-electron chi connectivity index (χ1n) is 11.0. The minimum absolute atomic E-state index is 0.0480. The monoisotopic (exact) mass is 413 g/mol. The minimum atomic E-state index is 0.0480. The van der Waals surface area contributed by atoms with E-state index in [1.807, 2.05) is 54.6 Å². The Morgan fingerprint density at radius 3 is 2.03 bits per heavy atom. The molecule has 3 aromatic rings. The number of nitrogens with zero attached hydrogens (tertiary/aromatic N) is 1. The second kappa shape index (κ2) is 9.04. The number of carbonyl (C=O) groups excluding carboxylic acids is 1. The molecule has 31 heavy (non-hydrogen) atoms. The van der Waals surface area contributed by atoms with Crippen LogP contribution in [0.25, 0.3) is 0 Å². The van der Waals surface area contributed by atoms with E-state index in [9.17, 15) is 4.79 Å². The number of benzene rings is 3. The van der Waals surface area contributed by atoms with Crippen molar-refractivity contribution < 1.29 is 14.3 Å². The SMILES string of the molecule is O=C(c1ccc(Oc2ccccc2)cc1)C1CC2COCC(C1)N2Cc1ccccc1. The quantitative estimate of drug-likeness (QED) is 0.511. The average molecular weight is 414 g/mol. The van der Waals surface area contributed by atoms with Gasteiger partial charge in [-0.15, -0.1) is 0 Å². The topological polar surface area (TPSA) is 38.8 Å². The van der Waals surface area contributed by atoms with Gasteiger partial charge < -0.3 is 9.47 Å². The molecule has 158 valence electrons. The minimum Gasteiger partial charge on any atom is -0.457 e. The molecule has 2 saturated heterocycles. The van der Waals surface area contributed by atoms with Crippen molar-refractivity contribution in [3.8, 4) is 11.5 Å². The van der Waals surface area contributed by atoms with Gasteiger partial charge in [0.1, 0.15) is 11.5 Å². The predicted octanol–water partition coefficient (Wildman–Crippen LogP) is 5.34. The fourth-order valence-corrected chi connectivity index (χ4v) is 4.80. The van der Waals surface area contributed by atoms with Gasteiger partial charge in [-0.1, -0.05) is 48.5 Å². The van der Waals surface area contributed by atoms with Gasteiger partial charge in [-0.2, -0.15) is 0 Å². The van der Waals surface area contributed by atoms with Crippen LogP contribution in [0.4, 0.5) is 0 Å². The van der Waals surface area contributed by atoms with Crippen LogP contribution in [0.1, 0.15) is 28.8 Å². The molecule has 2 bridgehead atoms. The first kappa shape index (κ1) is 20.0. The molecule has 4 heteroatoms. The predicted molar refractivity (Wildman–Crippen MR) is 120 cm³/mol. The molecule has 0 amide bonds. The van der Waals surface area contributed by atoms with E-state index in [1.54, 1.807) is 0 Å². The molecule has 2 unspecified atom stereocenters. The number of hydrogen-bond acceptors (Lipinski definition) is 4. The maximum Gasteiger partial charge on any atom is 0.166 e. The Hall–Kier alpha value is -2.95. The number of piperidine rings is 1. The Morgan fingerprint density at radius 2 is 1.39 bits per heavy atom. The lowest BCUT2D eigenvalue weighted by atomic mass is 9.80. The van der Waals surface area contributed by atoms with E-state index in [4.69, 9.17) is 9.47 Å². The summed E-state index contributed by atoms with van der Waals surface area (Å²) in [6.45, 7) is 2.33. The van der Waals surface area contributed by atoms with Gasteiger partial charge in [-0.3, -0.25) is 9.69 Å². The van der Waals surface area contributed by atoms with Gasteiger partial charge in [0.05, 0.1) is 13.2 Å². The van der Waals surface area contributed by atoms with Crippen LogP contribution in [0.15, 0.2) is 84.9 Å². The molecular weight excluding hydrogens is 386 g/mol. The molecule has 0 radical (unpaired) electrons. The number of carbonyl (C=O) groups is 1. The van der Waals surface area contributed by atoms with Crippen LogP contribution in [0.3, 0.4) is 0 Å². The van der Waals surface area contributed by atoms with Crippen molar-refractivity contribution in [2.45, 2.75) is 31.5 Å². The second-order valence-electron chi connectivity index (χ2n) is 8.48. The molecule has 2 aliphatic rings. The summed E-state index contributed by atoms with van der Waals surface area (Å²) in [5.41, 5.74) is 2.08. The van der Waals surface area contributed by atoms with E-state index in [0.717, 1.165) is 36.4 Å². The summed E-state index contributed by atoms with van der Waals surface area (Å²) in [5, 5.41) is 0. The fraction of sp³-hybridized carbons (Fsp3) is 0.296. The molecule has 2 aliphatic heterocycles. The zero-order chi connectivity index (χ0) is 21.0. The van der Waals surface area contributed by atoms with E-state index < -0.39 is 0 Å². The zero-order valence-electron chi connectivity index (χ0n) is 17.5. The molecular formula is C27H27NO3. The Morgan fingerprint density at radius 1 is 0.806 bits per heavy atom. The largest absolute Gasteiger partial charge is 0.457 e. The third-order valence-corrected chi connectivity index (χ3v) is 6.37. The smallest absolute Gasteiger partial charge is 0.166 e. The normalized spacial score (nSPS) is 23.3. The van der Waals surface area contributed by atoms with Crippen LogP contribution < -0.4 is 4.74 Å². The fourth-order valence-electron chi connectivity index (χ4n) is 4.80. The lowest BCUT2D eigenvalue weighted by molar-refractivity contribution is -0.0872. The van der Waals surface area contributed by atoms with Gasteiger partial charge >= 0.3 is 0 Å². The number of Topliss-reactive ketones (excluding diaryl/α,β-unsaturated/α-hetero) is 1. The average Bonchev–Trinajstić information content (AvgIpc) is 2.80. The molecule has 0 spiro atoms. The Bertz CT molecular complexity index is 990. The molecule has 0 saturated carbocycles. The first-order chi connectivity index (χ1) is 15.3. The van der Waals surface area contributed by atoms with E-state index in [2.05, 4.69) is 35.2 Å². The molecule has 3 aromatic carbocycles. The van der Waals surface area contributed by atoms with Gasteiger partial charge in [-0.25, -0.2) is 0 Å². The summed E-state index contributed by atoms with van der Waals surface area (Å²) in [6.07, 6.45) is 1.70. The van der Waals surface area contributed by atoms with Crippen molar-refractivity contribution >= 4 is 5.78 Å². The van der Waals surface area contributed by atoms with Crippen LogP contribution in [0.2, 0.25) is 0 Å². The van der Waals surface area contributed by atoms with Crippen LogP contribution >= 0.6 is 0 Å². The number of fused-ring (bicyclic) bond motifs is 2. The highest BCUT2D eigenvalue weighted by molar-refractivity contribution is 5.98. The van der Waals surface area contributed by atoms with Crippen LogP contribution in [0, 0.1) is 5.92 Å². The highest BCUT2D eigenvalue weighted by Crippen LogP contribution is 2.35. The number of para-hydroxylation sites is 1. The lowest BCUT2D eigenvalue weighted by Crippen LogP contribution is -2.57. The summed E-state index contributed by atoms with van der Waals surface area (Å²) < 4.78 is 11.7. The Balaban J connectivity index is 1.25. The van der Waals surface area contributed by atoms with Gasteiger partial charge in [0.25, 0.3) is 0 Å². The van der Waals surface area contributed by atoms with Crippen molar-refractivity contribution in [2.24, 2.45) is 5.92 Å². The molecule has 2 heterocycles. The number of rotatable bonds is 6. The zero-order valence-corrected chi connectivity index (χ0v) is 17.5. The molecule has 5 rings (SSSR count). The first-order valence-corrected chi connectivity index (χ1v) is 11.0. The van der Waals surface area contributed by atoms with Crippen LogP contribution in [0.5, 0.6) is 11.5 Å². The van der Waals surface area contributed by atoms with E-state index in [1.165, 1.54) is 5.56 Å². The standard InChI is InChI=1S/C27H27NO3/c29-27(21-11-13-26(14-12-21)31-25-9-5-2-6-10-25)22-15-23-18-30-19-24(16-22)28(23)17-20-7-3-1-4-8-20/h1-14,22-24H,15-19H2. The van der Waals surface area contributed by atoms with E-state index >= 15 is 0 Å². The van der Waals surface area contributed by atoms with Crippen molar-refractivity contribution in [3.63, 3.8) is 0 Å². The summed E-state index contributed by atoms with van der Waals surface area (Å²) in [4.78, 5) is 15.8. The molecule has 0 N–H and O–H groups in total. The van der Waals surface area contributed by atoms with Gasteiger partial charge in [0.15, 0.2) is 5.78 Å². The number of hydrogen-bond donors (Lipinski definition) is 0. The van der Waals surface area contributed by atoms with E-state index in [0.29, 0.717) is 25.3 Å². The van der Waals surface area contributed by atoms with Crippen molar-refractivity contribution in [1.29, 1.82) is 0 Å². The highest BCUT2D eigenvalue weighted by atomic mass is 16.5. The van der Waals surface area contributed by atoms with Crippen molar-refractivity contribution in [2.75, 3.05) is 13.2 Å². The second-order valence-corrected chi connectivity index (χ2v) is 8.48. The van der Waals surface area contributed by atoms with Crippen molar-refractivity contribution in [3.05, 3.63) is 96.1 Å². The third-order valence-electron chi connectivity index (χ3n) is 6.37. The van der Waals surface area contributed by atoms with Gasteiger partial charge in [0, 0.05) is 30.1 Å². The lowest BCUT2D eigenvalue weighted by Gasteiger charge is -2.48. The van der Waals surface area contributed by atoms with Gasteiger partial charge in [-0.05, 0) is 54.8 Å². The Kier molecular flexibility index (Phi) is 5.83. The van der Waals surface area contributed by atoms with Crippen LogP contribution in [-0.4, -0.2) is 36.0 Å². The van der Waals surface area contributed by atoms with Crippen LogP contribution in [-0.2, 0) is 11.3 Å². The molecule has 2 fully saturated rings. The molecule has 0 aromatic heterocycles. The van der Waals surface area contributed by atoms with Gasteiger partial charge in [0.2, 0.25) is 0 Å². The van der Waals surface area contributed by atoms with Crippen molar-refractivity contribution in [1.82, 2.24) is 4.90 Å². The summed E-state index contributed by atoms with van der Waals surface area (Å²) in [6, 6.07) is 28.4. The maximum absolute atomic E-state index is 13.3. The summed E-state index contributed by atoms with van der Waals surface area (Å²) in [5.74, 6) is 1.82. The number of ether oxygens (including phenoxy) is 2. The summed E-state index contributed by atoms with van der Waals surface area (Å²) in [7, 11) is 0. The summed E-state index contributed by atoms with van der Waals surface area (Å²) >= 11 is 0. The third kappa shape index (κ3) is 4.55.